The predicted molar refractivity (Wildman–Crippen MR) is 134 cm³/mol. The number of thiocarbonyl (C=S) groups is 5. The molecule has 0 amide bonds. The molecule has 0 atom stereocenters. The fourth-order valence-electron chi connectivity index (χ4n) is 0.467. The van der Waals surface area contributed by atoms with Crippen molar-refractivity contribution in [3.63, 3.8) is 0 Å². The molecule has 9 nitrogen and oxygen atoms in total. The van der Waals surface area contributed by atoms with Crippen LogP contribution in [0.1, 0.15) is 46.5 Å². The number of hydrogen-bond donors (Lipinski definition) is 5. The van der Waals surface area contributed by atoms with Crippen LogP contribution >= 0.6 is 61.1 Å². The Balaban J connectivity index is -0.0000000878. The van der Waals surface area contributed by atoms with Gasteiger partial charge in [-0.05, 0) is 43.2 Å². The van der Waals surface area contributed by atoms with E-state index in [-0.39, 0.29) is 29.2 Å². The van der Waals surface area contributed by atoms with Crippen LogP contribution in [0, 0.1) is 0 Å². The Morgan fingerprint density at radius 1 is 0.733 bits per heavy atom. The van der Waals surface area contributed by atoms with Crippen molar-refractivity contribution in [3.05, 3.63) is 0 Å². The first kappa shape index (κ1) is 38.7. The van der Waals surface area contributed by atoms with E-state index >= 15 is 0 Å². The lowest BCUT2D eigenvalue weighted by molar-refractivity contribution is -0.137. The smallest absolute Gasteiger partial charge is 0.342 e. The van der Waals surface area contributed by atoms with Crippen LogP contribution < -0.4 is 0 Å². The average molecular weight is 521 g/mol. The summed E-state index contributed by atoms with van der Waals surface area (Å²) in [5.41, 5.74) is 0. The zero-order valence-corrected chi connectivity index (χ0v) is 20.5. The summed E-state index contributed by atoms with van der Waals surface area (Å²) in [7, 11) is 0. The van der Waals surface area contributed by atoms with Gasteiger partial charge in [-0.25, -0.2) is 4.79 Å². The minimum Gasteiger partial charge on any atom is -0.502 e. The van der Waals surface area contributed by atoms with E-state index in [0.29, 0.717) is 11.3 Å². The summed E-state index contributed by atoms with van der Waals surface area (Å²) in [5, 5.41) is 42.0. The van der Waals surface area contributed by atoms with Gasteiger partial charge in [-0.2, -0.15) is 0 Å². The van der Waals surface area contributed by atoms with Crippen molar-refractivity contribution in [1.29, 1.82) is 0 Å². The third-order valence-corrected chi connectivity index (χ3v) is 2.16. The molecule has 0 aromatic heterocycles. The third kappa shape index (κ3) is 95.7. The summed E-state index contributed by atoms with van der Waals surface area (Å²) in [6.07, 6.45) is 0.638. The molecule has 5 N–H and O–H groups in total. The van der Waals surface area contributed by atoms with E-state index in [1.54, 1.807) is 6.92 Å². The van der Waals surface area contributed by atoms with Crippen molar-refractivity contribution in [2.24, 2.45) is 0 Å². The lowest BCUT2D eigenvalue weighted by Crippen LogP contribution is -2.03. The van der Waals surface area contributed by atoms with Gasteiger partial charge < -0.3 is 25.5 Å². The Kier molecular flexibility index (Phi) is 37.8. The largest absolute Gasteiger partial charge is 0.502 e. The summed E-state index contributed by atoms with van der Waals surface area (Å²) in [4.78, 5) is 39.0. The molecule has 0 aliphatic heterocycles. The summed E-state index contributed by atoms with van der Waals surface area (Å²) < 4.78 is 0. The molecule has 0 aromatic carbocycles. The topological polar surface area (TPSA) is 169 Å². The zero-order valence-electron chi connectivity index (χ0n) is 16.4. The maximum absolute atomic E-state index is 9.72. The maximum atomic E-state index is 9.72. The second-order valence-corrected chi connectivity index (χ2v) is 7.08. The monoisotopic (exact) mass is 520 g/mol. The van der Waals surface area contributed by atoms with Gasteiger partial charge >= 0.3 is 23.9 Å². The molecule has 0 radical (unpaired) electrons. The molecule has 0 spiro atoms. The molecule has 0 aliphatic rings. The summed E-state index contributed by atoms with van der Waals surface area (Å²) >= 11 is 21.4. The first-order chi connectivity index (χ1) is 13.5. The summed E-state index contributed by atoms with van der Waals surface area (Å²) in [5.74, 6) is -3.52. The van der Waals surface area contributed by atoms with Gasteiger partial charge in [0.2, 0.25) is 0 Å². The Labute approximate surface area is 201 Å². The van der Waals surface area contributed by atoms with Gasteiger partial charge in [-0.3, -0.25) is 14.4 Å². The lowest BCUT2D eigenvalue weighted by atomic mass is 10.3. The highest BCUT2D eigenvalue weighted by molar-refractivity contribution is 7.82. The fraction of sp³-hybridized carbons (Fsp3) is 0.438. The van der Waals surface area contributed by atoms with Crippen LogP contribution in [0.4, 0.5) is 0 Å². The Morgan fingerprint density at radius 2 is 1.10 bits per heavy atom. The molecule has 0 saturated heterocycles. The Bertz CT molecular complexity index is 576. The van der Waals surface area contributed by atoms with Crippen LogP contribution in [0.3, 0.4) is 0 Å². The molecule has 0 rings (SSSR count). The molecule has 14 heteroatoms. The minimum atomic E-state index is -1.01. The average Bonchev–Trinajstić information content (AvgIpc) is 2.52. The zero-order chi connectivity index (χ0) is 25.3. The fourth-order valence-corrected chi connectivity index (χ4v) is 0.851. The predicted octanol–water partition coefficient (Wildman–Crippen LogP) is 3.52. The van der Waals surface area contributed by atoms with E-state index in [2.05, 4.69) is 61.1 Å². The van der Waals surface area contributed by atoms with Gasteiger partial charge in [0.25, 0.3) is 0 Å². The molecule has 0 saturated carbocycles. The van der Waals surface area contributed by atoms with E-state index < -0.39 is 23.9 Å². The molecule has 0 bridgehead atoms. The number of rotatable bonds is 8. The van der Waals surface area contributed by atoms with Crippen molar-refractivity contribution in [2.45, 2.75) is 46.5 Å². The number of carbonyl (C=O) groups is 4. The minimum absolute atomic E-state index is 0.000000000000000222. The molecule has 0 heterocycles. The molecule has 0 fully saturated rings. The van der Waals surface area contributed by atoms with Gasteiger partial charge in [-0.15, -0.1) is 0 Å². The SMILES string of the molecule is CC(=S)C(=O)O.CC(=S)CC(=O)O.CC(O)=S.O=C(O)CC=S.O=C(O)CCC=S. The number of aliphatic hydroxyl groups is 1. The van der Waals surface area contributed by atoms with Crippen molar-refractivity contribution in [2.75, 3.05) is 0 Å². The normalized spacial score (nSPS) is 7.57. The summed E-state index contributed by atoms with van der Waals surface area (Å²) in [6.45, 7) is 4.44. The van der Waals surface area contributed by atoms with E-state index in [4.69, 9.17) is 25.5 Å². The highest BCUT2D eigenvalue weighted by Crippen LogP contribution is 1.82. The maximum Gasteiger partial charge on any atom is 0.342 e. The number of aliphatic hydroxyl groups excluding tert-OH is 1. The molecular weight excluding hydrogens is 497 g/mol. The highest BCUT2D eigenvalue weighted by atomic mass is 32.1. The van der Waals surface area contributed by atoms with E-state index in [9.17, 15) is 19.2 Å². The van der Waals surface area contributed by atoms with E-state index in [0.717, 1.165) is 0 Å². The molecule has 30 heavy (non-hydrogen) atoms. The number of carboxylic acid groups (broad SMARTS) is 4. The van der Waals surface area contributed by atoms with Crippen LogP contribution in [-0.4, -0.2) is 74.9 Å². The van der Waals surface area contributed by atoms with Crippen LogP contribution in [0.5, 0.6) is 0 Å². The standard InChI is InChI=1S/2C4H6O2S.2C3H4O2S.C2H4OS/c1-3(7)2-4(5)6;5-4(6)2-1-3-7;1-2(6)3(4)5;4-3(5)1-2-6;1-2(3)4/h2H2,1H3,(H,5,6);3H,1-2H2,(H,5,6);1H3,(H,4,5);2H,1H2,(H,4,5);1H3,(H,3,4). The second kappa shape index (κ2) is 29.3. The van der Waals surface area contributed by atoms with Crippen molar-refractivity contribution >= 4 is 110 Å². The molecular formula is C16H24O9S5. The van der Waals surface area contributed by atoms with Crippen LogP contribution in [0.25, 0.3) is 0 Å². The quantitative estimate of drug-likeness (QED) is 0.294. The van der Waals surface area contributed by atoms with Gasteiger partial charge in [0.1, 0.15) is 0 Å². The summed E-state index contributed by atoms with van der Waals surface area (Å²) in [6, 6.07) is 0. The molecule has 172 valence electrons. The van der Waals surface area contributed by atoms with Crippen LogP contribution in [0.2, 0.25) is 0 Å². The van der Waals surface area contributed by atoms with E-state index in [1.807, 2.05) is 0 Å². The lowest BCUT2D eigenvalue weighted by Gasteiger charge is -1.84. The van der Waals surface area contributed by atoms with Gasteiger partial charge in [-0.1, -0.05) is 48.9 Å². The number of carboxylic acids is 4. The van der Waals surface area contributed by atoms with Crippen molar-refractivity contribution in [3.8, 4) is 0 Å². The van der Waals surface area contributed by atoms with Gasteiger partial charge in [0, 0.05) is 18.2 Å². The number of aliphatic carboxylic acids is 4. The van der Waals surface area contributed by atoms with Crippen molar-refractivity contribution < 1.29 is 44.7 Å². The highest BCUT2D eigenvalue weighted by Gasteiger charge is 1.94. The first-order valence-corrected chi connectivity index (χ1v) is 9.67. The van der Waals surface area contributed by atoms with Gasteiger partial charge in [0.05, 0.1) is 17.7 Å². The van der Waals surface area contributed by atoms with Crippen LogP contribution in [0.15, 0.2) is 0 Å². The van der Waals surface area contributed by atoms with Crippen LogP contribution in [-0.2, 0) is 19.2 Å². The third-order valence-electron chi connectivity index (χ3n) is 1.44. The molecule has 0 aliphatic carbocycles. The Morgan fingerprint density at radius 3 is 1.13 bits per heavy atom. The molecule has 0 aromatic rings. The van der Waals surface area contributed by atoms with E-state index in [1.165, 1.54) is 24.6 Å². The van der Waals surface area contributed by atoms with Gasteiger partial charge in [0.15, 0.2) is 5.05 Å². The number of hydrogen-bond acceptors (Lipinski definition) is 9. The Hall–Kier alpha value is -1.87. The second-order valence-electron chi connectivity index (χ2n) is 4.52. The molecule has 0 unspecified atom stereocenters. The van der Waals surface area contributed by atoms with Crippen molar-refractivity contribution in [1.82, 2.24) is 0 Å². The first-order valence-electron chi connectivity index (χ1n) is 7.50.